The van der Waals surface area contributed by atoms with Crippen LogP contribution in [0.4, 0.5) is 0 Å². The van der Waals surface area contributed by atoms with Crippen molar-refractivity contribution in [3.63, 3.8) is 0 Å². The molecule has 1 aromatic rings. The van der Waals surface area contributed by atoms with Gasteiger partial charge in [-0.3, -0.25) is 4.58 Å². The molecule has 2 nitrogen and oxygen atoms in total. The Hall–Kier alpha value is -0.903. The van der Waals surface area contributed by atoms with Crippen LogP contribution >= 0.6 is 0 Å². The van der Waals surface area contributed by atoms with Crippen LogP contribution in [0.3, 0.4) is 0 Å². The van der Waals surface area contributed by atoms with Crippen molar-refractivity contribution in [1.82, 2.24) is 0 Å². The highest BCUT2D eigenvalue weighted by molar-refractivity contribution is 6.73. The van der Waals surface area contributed by atoms with Crippen LogP contribution in [0.15, 0.2) is 43.0 Å². The third kappa shape index (κ3) is 4.60. The van der Waals surface area contributed by atoms with Crippen molar-refractivity contribution >= 4 is 8.32 Å². The van der Waals surface area contributed by atoms with Crippen molar-refractivity contribution in [2.45, 2.75) is 51.4 Å². The first kappa shape index (κ1) is 16.2. The summed E-state index contributed by atoms with van der Waals surface area (Å²) in [6.07, 6.45) is 2.54. The van der Waals surface area contributed by atoms with Crippen LogP contribution in [0.25, 0.3) is 0 Å². The second kappa shape index (κ2) is 6.50. The smallest absolute Gasteiger partial charge is 0.238 e. The first-order valence-electron chi connectivity index (χ1n) is 6.78. The summed E-state index contributed by atoms with van der Waals surface area (Å²) in [5, 5.41) is 0.141. The number of rotatable bonds is 6. The van der Waals surface area contributed by atoms with Crippen molar-refractivity contribution in [3.05, 3.63) is 48.6 Å². The zero-order valence-electron chi connectivity index (χ0n) is 12.8. The maximum Gasteiger partial charge on any atom is 0.238 e. The van der Waals surface area contributed by atoms with Crippen LogP contribution in [0.1, 0.15) is 38.9 Å². The molecule has 1 aromatic carbocycles. The van der Waals surface area contributed by atoms with Gasteiger partial charge in [-0.2, -0.15) is 0 Å². The van der Waals surface area contributed by atoms with Crippen LogP contribution < -0.4 is 0 Å². The highest BCUT2D eigenvalue weighted by atomic mass is 28.4. The van der Waals surface area contributed by atoms with E-state index < -0.39 is 8.32 Å². The molecule has 0 radical (unpaired) electrons. The van der Waals surface area contributed by atoms with Gasteiger partial charge < -0.3 is 0 Å². The molecule has 0 N–H and O–H groups in total. The summed E-state index contributed by atoms with van der Waals surface area (Å²) < 4.78 is 5.85. The van der Waals surface area contributed by atoms with E-state index in [0.29, 0.717) is 0 Å². The Bertz CT molecular complexity index is 393. The molecule has 0 heterocycles. The van der Waals surface area contributed by atoms with Gasteiger partial charge in [-0.15, -0.1) is 6.58 Å². The number of benzene rings is 1. The summed E-state index contributed by atoms with van der Waals surface area (Å²) in [5.74, 6) is 0. The average molecular weight is 278 g/mol. The van der Waals surface area contributed by atoms with Gasteiger partial charge in [0.05, 0.1) is 0 Å². The highest BCUT2D eigenvalue weighted by Gasteiger charge is 2.39. The lowest BCUT2D eigenvalue weighted by atomic mass is 10.1. The van der Waals surface area contributed by atoms with E-state index in [2.05, 4.69) is 52.6 Å². The lowest BCUT2D eigenvalue weighted by molar-refractivity contribution is -0.260. The van der Waals surface area contributed by atoms with E-state index in [4.69, 9.17) is 9.46 Å². The minimum atomic E-state index is -1.89. The van der Waals surface area contributed by atoms with Crippen molar-refractivity contribution < 1.29 is 9.46 Å². The minimum Gasteiger partial charge on any atom is -0.286 e. The molecule has 0 spiro atoms. The lowest BCUT2D eigenvalue weighted by Crippen LogP contribution is -2.41. The fourth-order valence-corrected chi connectivity index (χ4v) is 1.96. The molecule has 1 atom stereocenters. The molecular weight excluding hydrogens is 252 g/mol. The predicted molar refractivity (Wildman–Crippen MR) is 83.4 cm³/mol. The predicted octanol–water partition coefficient (Wildman–Crippen LogP) is 5.26. The van der Waals surface area contributed by atoms with Crippen LogP contribution in [0.5, 0.6) is 0 Å². The van der Waals surface area contributed by atoms with Crippen molar-refractivity contribution in [1.29, 1.82) is 0 Å². The molecule has 106 valence electrons. The largest absolute Gasteiger partial charge is 0.286 e. The maximum atomic E-state index is 5.85. The number of hydrogen-bond acceptors (Lipinski definition) is 2. The first-order chi connectivity index (χ1) is 8.78. The zero-order valence-corrected chi connectivity index (χ0v) is 13.8. The van der Waals surface area contributed by atoms with E-state index in [0.717, 1.165) is 12.0 Å². The molecule has 1 unspecified atom stereocenters. The second-order valence-corrected chi connectivity index (χ2v) is 11.1. The quantitative estimate of drug-likeness (QED) is 0.306. The van der Waals surface area contributed by atoms with E-state index in [-0.39, 0.29) is 11.1 Å². The van der Waals surface area contributed by atoms with E-state index in [1.54, 1.807) is 0 Å². The van der Waals surface area contributed by atoms with Crippen LogP contribution in [-0.2, 0) is 9.46 Å². The molecule has 0 aliphatic carbocycles. The van der Waals surface area contributed by atoms with Gasteiger partial charge in [0.25, 0.3) is 0 Å². The SMILES string of the molecule is C=CCC(OO[Si](C)(C)C(C)(C)C)c1ccccc1. The molecule has 0 aromatic heterocycles. The van der Waals surface area contributed by atoms with Crippen molar-refractivity contribution in [2.24, 2.45) is 0 Å². The Morgan fingerprint density at radius 3 is 2.26 bits per heavy atom. The topological polar surface area (TPSA) is 18.5 Å². The van der Waals surface area contributed by atoms with Gasteiger partial charge in [-0.05, 0) is 30.1 Å². The maximum absolute atomic E-state index is 5.85. The number of hydrogen-bond donors (Lipinski definition) is 0. The summed E-state index contributed by atoms with van der Waals surface area (Å²) in [6.45, 7) is 14.8. The van der Waals surface area contributed by atoms with Gasteiger partial charge in [0.15, 0.2) is 0 Å². The Morgan fingerprint density at radius 2 is 1.79 bits per heavy atom. The monoisotopic (exact) mass is 278 g/mol. The molecule has 0 bridgehead atoms. The molecule has 0 aliphatic heterocycles. The summed E-state index contributed by atoms with van der Waals surface area (Å²) in [4.78, 5) is 5.75. The Morgan fingerprint density at radius 1 is 1.21 bits per heavy atom. The molecular formula is C16H26O2Si. The van der Waals surface area contributed by atoms with Gasteiger partial charge in [-0.25, -0.2) is 4.89 Å². The Labute approximate surface area is 118 Å². The van der Waals surface area contributed by atoms with Gasteiger partial charge in [0, 0.05) is 0 Å². The van der Waals surface area contributed by atoms with E-state index in [1.807, 2.05) is 24.3 Å². The van der Waals surface area contributed by atoms with Crippen LogP contribution in [0, 0.1) is 0 Å². The summed E-state index contributed by atoms with van der Waals surface area (Å²) in [7, 11) is -1.89. The Balaban J connectivity index is 2.74. The van der Waals surface area contributed by atoms with Crippen LogP contribution in [-0.4, -0.2) is 8.32 Å². The zero-order chi connectivity index (χ0) is 14.5. The third-order valence-electron chi connectivity index (χ3n) is 3.73. The van der Waals surface area contributed by atoms with Gasteiger partial charge in [0.1, 0.15) is 6.10 Å². The molecule has 1 rings (SSSR count). The summed E-state index contributed by atoms with van der Waals surface area (Å²) in [6, 6.07) is 10.2. The average Bonchev–Trinajstić information content (AvgIpc) is 2.34. The molecule has 19 heavy (non-hydrogen) atoms. The highest BCUT2D eigenvalue weighted by Crippen LogP contribution is 2.38. The fraction of sp³-hybridized carbons (Fsp3) is 0.500. The third-order valence-corrected chi connectivity index (χ3v) is 7.86. The second-order valence-electron chi connectivity index (χ2n) is 6.36. The van der Waals surface area contributed by atoms with Gasteiger partial charge >= 0.3 is 0 Å². The first-order valence-corrected chi connectivity index (χ1v) is 9.69. The van der Waals surface area contributed by atoms with E-state index in [9.17, 15) is 0 Å². The lowest BCUT2D eigenvalue weighted by Gasteiger charge is -2.35. The van der Waals surface area contributed by atoms with E-state index in [1.165, 1.54) is 0 Å². The van der Waals surface area contributed by atoms with Crippen molar-refractivity contribution in [3.8, 4) is 0 Å². The molecule has 0 saturated carbocycles. The minimum absolute atomic E-state index is 0.0761. The van der Waals surface area contributed by atoms with Crippen LogP contribution in [0.2, 0.25) is 18.1 Å². The summed E-state index contributed by atoms with van der Waals surface area (Å²) >= 11 is 0. The van der Waals surface area contributed by atoms with E-state index >= 15 is 0 Å². The fourth-order valence-electron chi connectivity index (χ4n) is 1.35. The normalized spacial score (nSPS) is 14.2. The molecule has 0 aliphatic rings. The van der Waals surface area contributed by atoms with Gasteiger partial charge in [-0.1, -0.05) is 57.2 Å². The summed E-state index contributed by atoms with van der Waals surface area (Å²) in [5.41, 5.74) is 1.13. The molecule has 3 heteroatoms. The molecule has 0 saturated heterocycles. The van der Waals surface area contributed by atoms with Gasteiger partial charge in [0.2, 0.25) is 8.32 Å². The van der Waals surface area contributed by atoms with Crippen molar-refractivity contribution in [2.75, 3.05) is 0 Å². The Kier molecular flexibility index (Phi) is 5.53. The standard InChI is InChI=1S/C16H26O2Si/c1-7-11-15(14-12-9-8-10-13-14)17-18-19(5,6)16(2,3)4/h7-10,12-13,15H,1,11H2,2-6H3. The molecule has 0 amide bonds. The molecule has 0 fully saturated rings.